The number of hydrogen-bond acceptors (Lipinski definition) is 2. The van der Waals surface area contributed by atoms with Crippen LogP contribution < -0.4 is 10.6 Å². The highest BCUT2D eigenvalue weighted by Gasteiger charge is 2.12. The molecule has 0 spiro atoms. The average Bonchev–Trinajstić information content (AvgIpc) is 2.03. The Kier molecular flexibility index (Phi) is 3.36. The Hall–Kier alpha value is -0.570. The minimum atomic E-state index is 0.0866. The molecule has 0 saturated carbocycles. The largest absolute Gasteiger partial charge is 0.356 e. The van der Waals surface area contributed by atoms with Crippen molar-refractivity contribution in [3.05, 3.63) is 0 Å². The van der Waals surface area contributed by atoms with Crippen LogP contribution in [0.4, 0.5) is 0 Å². The summed E-state index contributed by atoms with van der Waals surface area (Å²) < 4.78 is 0. The van der Waals surface area contributed by atoms with E-state index in [4.69, 9.17) is 0 Å². The molecule has 11 heavy (non-hydrogen) atoms. The van der Waals surface area contributed by atoms with E-state index in [9.17, 15) is 4.79 Å². The van der Waals surface area contributed by atoms with Crippen molar-refractivity contribution in [2.45, 2.75) is 19.8 Å². The van der Waals surface area contributed by atoms with Gasteiger partial charge in [-0.05, 0) is 31.8 Å². The van der Waals surface area contributed by atoms with Crippen molar-refractivity contribution >= 4 is 5.91 Å². The molecule has 0 aromatic heterocycles. The maximum Gasteiger partial charge on any atom is 0.216 e. The van der Waals surface area contributed by atoms with Crippen LogP contribution in [0.25, 0.3) is 0 Å². The highest BCUT2D eigenvalue weighted by molar-refractivity contribution is 5.72. The summed E-state index contributed by atoms with van der Waals surface area (Å²) in [6.07, 6.45) is 2.39. The van der Waals surface area contributed by atoms with E-state index >= 15 is 0 Å². The number of piperidine rings is 1. The van der Waals surface area contributed by atoms with E-state index in [-0.39, 0.29) is 5.91 Å². The van der Waals surface area contributed by atoms with Crippen molar-refractivity contribution < 1.29 is 4.79 Å². The van der Waals surface area contributed by atoms with Crippen molar-refractivity contribution in [1.29, 1.82) is 0 Å². The quantitative estimate of drug-likeness (QED) is 0.596. The third-order valence-corrected chi connectivity index (χ3v) is 2.10. The second kappa shape index (κ2) is 4.34. The number of nitrogens with one attached hydrogen (secondary N) is 2. The van der Waals surface area contributed by atoms with Gasteiger partial charge >= 0.3 is 0 Å². The van der Waals surface area contributed by atoms with Crippen LogP contribution in [0.3, 0.4) is 0 Å². The lowest BCUT2D eigenvalue weighted by Crippen LogP contribution is -2.35. The number of carbonyl (C=O) groups is 1. The van der Waals surface area contributed by atoms with Crippen molar-refractivity contribution in [2.24, 2.45) is 5.92 Å². The monoisotopic (exact) mass is 156 g/mol. The molecule has 1 heterocycles. The van der Waals surface area contributed by atoms with Crippen molar-refractivity contribution in [1.82, 2.24) is 10.6 Å². The van der Waals surface area contributed by atoms with Gasteiger partial charge in [-0.3, -0.25) is 4.79 Å². The van der Waals surface area contributed by atoms with Gasteiger partial charge in [-0.25, -0.2) is 0 Å². The van der Waals surface area contributed by atoms with Gasteiger partial charge in [-0.2, -0.15) is 0 Å². The third kappa shape index (κ3) is 3.37. The summed E-state index contributed by atoms with van der Waals surface area (Å²) in [4.78, 5) is 10.6. The van der Waals surface area contributed by atoms with Crippen LogP contribution in [-0.2, 0) is 4.79 Å². The zero-order valence-electron chi connectivity index (χ0n) is 7.02. The molecule has 0 aliphatic carbocycles. The summed E-state index contributed by atoms with van der Waals surface area (Å²) in [5.74, 6) is 0.781. The smallest absolute Gasteiger partial charge is 0.216 e. The van der Waals surface area contributed by atoms with Crippen LogP contribution in [0.2, 0.25) is 0 Å². The van der Waals surface area contributed by atoms with E-state index in [0.29, 0.717) is 5.92 Å². The summed E-state index contributed by atoms with van der Waals surface area (Å²) in [5, 5.41) is 6.14. The lowest BCUT2D eigenvalue weighted by molar-refractivity contribution is -0.119. The molecule has 0 atom stereocenters. The number of rotatable bonds is 2. The molecule has 0 radical (unpaired) electrons. The van der Waals surface area contributed by atoms with E-state index in [1.165, 1.54) is 12.8 Å². The summed E-state index contributed by atoms with van der Waals surface area (Å²) in [6.45, 7) is 4.63. The minimum Gasteiger partial charge on any atom is -0.356 e. The maximum atomic E-state index is 10.6. The lowest BCUT2D eigenvalue weighted by Gasteiger charge is -2.22. The molecule has 0 bridgehead atoms. The Morgan fingerprint density at radius 1 is 1.55 bits per heavy atom. The molecule has 1 rings (SSSR count). The molecular weight excluding hydrogens is 140 g/mol. The molecule has 0 unspecified atom stereocenters. The first-order chi connectivity index (χ1) is 5.29. The van der Waals surface area contributed by atoms with E-state index in [1.807, 2.05) is 0 Å². The van der Waals surface area contributed by atoms with E-state index in [0.717, 1.165) is 19.6 Å². The average molecular weight is 156 g/mol. The maximum absolute atomic E-state index is 10.6. The minimum absolute atomic E-state index is 0.0866. The van der Waals surface area contributed by atoms with Crippen LogP contribution in [0.5, 0.6) is 0 Å². The Morgan fingerprint density at radius 2 is 2.18 bits per heavy atom. The van der Waals surface area contributed by atoms with Gasteiger partial charge in [0.2, 0.25) is 5.91 Å². The van der Waals surface area contributed by atoms with Gasteiger partial charge < -0.3 is 10.6 Å². The predicted molar refractivity (Wildman–Crippen MR) is 44.3 cm³/mol. The Morgan fingerprint density at radius 3 is 2.73 bits per heavy atom. The van der Waals surface area contributed by atoms with Gasteiger partial charge in [0.05, 0.1) is 0 Å². The van der Waals surface area contributed by atoms with Crippen LogP contribution in [0.15, 0.2) is 0 Å². The molecule has 3 heteroatoms. The normalized spacial score (nSPS) is 19.7. The van der Waals surface area contributed by atoms with E-state index in [2.05, 4.69) is 10.6 Å². The Balaban J connectivity index is 2.09. The summed E-state index contributed by atoms with van der Waals surface area (Å²) >= 11 is 0. The van der Waals surface area contributed by atoms with Crippen LogP contribution in [-0.4, -0.2) is 25.5 Å². The van der Waals surface area contributed by atoms with Crippen molar-refractivity contribution in [3.63, 3.8) is 0 Å². The molecule has 0 aromatic rings. The topological polar surface area (TPSA) is 41.1 Å². The third-order valence-electron chi connectivity index (χ3n) is 2.10. The summed E-state index contributed by atoms with van der Waals surface area (Å²) in [6, 6.07) is 0. The predicted octanol–water partition coefficient (Wildman–Crippen LogP) is 0.122. The number of carbonyl (C=O) groups excluding carboxylic acids is 1. The van der Waals surface area contributed by atoms with Gasteiger partial charge in [0.15, 0.2) is 0 Å². The summed E-state index contributed by atoms with van der Waals surface area (Å²) in [7, 11) is 0. The van der Waals surface area contributed by atoms with Crippen molar-refractivity contribution in [2.75, 3.05) is 19.6 Å². The first-order valence-corrected chi connectivity index (χ1v) is 4.24. The second-order valence-corrected chi connectivity index (χ2v) is 3.13. The molecule has 1 saturated heterocycles. The lowest BCUT2D eigenvalue weighted by atomic mass is 9.98. The fourth-order valence-electron chi connectivity index (χ4n) is 1.37. The standard InChI is InChI=1S/C8H16N2O/c1-7(11)10-6-8-2-4-9-5-3-8/h8-9H,2-6H2,1H3,(H,10,11). The molecule has 64 valence electrons. The highest BCUT2D eigenvalue weighted by atomic mass is 16.1. The van der Waals surface area contributed by atoms with Crippen molar-refractivity contribution in [3.8, 4) is 0 Å². The molecule has 0 aromatic carbocycles. The second-order valence-electron chi connectivity index (χ2n) is 3.13. The molecule has 1 fully saturated rings. The highest BCUT2D eigenvalue weighted by Crippen LogP contribution is 2.09. The molecule has 2 N–H and O–H groups in total. The first-order valence-electron chi connectivity index (χ1n) is 4.24. The Bertz CT molecular complexity index is 130. The summed E-state index contributed by atoms with van der Waals surface area (Å²) in [5.41, 5.74) is 0. The zero-order chi connectivity index (χ0) is 8.10. The number of amides is 1. The molecule has 1 aliphatic rings. The number of hydrogen-bond donors (Lipinski definition) is 2. The van der Waals surface area contributed by atoms with E-state index in [1.54, 1.807) is 6.92 Å². The molecular formula is C8H16N2O. The fourth-order valence-corrected chi connectivity index (χ4v) is 1.37. The van der Waals surface area contributed by atoms with Crippen LogP contribution >= 0.6 is 0 Å². The SMILES string of the molecule is CC(=O)NCC1CCNCC1. The van der Waals surface area contributed by atoms with Gasteiger partial charge in [0, 0.05) is 13.5 Å². The first kappa shape index (κ1) is 8.53. The molecule has 1 aliphatic heterocycles. The van der Waals surface area contributed by atoms with E-state index < -0.39 is 0 Å². The van der Waals surface area contributed by atoms with Crippen LogP contribution in [0.1, 0.15) is 19.8 Å². The zero-order valence-corrected chi connectivity index (χ0v) is 7.02. The Labute approximate surface area is 67.5 Å². The van der Waals surface area contributed by atoms with Gasteiger partial charge in [-0.15, -0.1) is 0 Å². The fraction of sp³-hybridized carbons (Fsp3) is 0.875. The molecule has 3 nitrogen and oxygen atoms in total. The van der Waals surface area contributed by atoms with Gasteiger partial charge in [0.25, 0.3) is 0 Å². The van der Waals surface area contributed by atoms with Gasteiger partial charge in [0.1, 0.15) is 0 Å². The molecule has 1 amide bonds. The van der Waals surface area contributed by atoms with Crippen LogP contribution in [0, 0.1) is 5.92 Å². The van der Waals surface area contributed by atoms with Gasteiger partial charge in [-0.1, -0.05) is 0 Å².